The second-order valence-electron chi connectivity index (χ2n) is 9.83. The van der Waals surface area contributed by atoms with E-state index >= 15 is 0 Å². The lowest BCUT2D eigenvalue weighted by Gasteiger charge is -2.37. The molecule has 2 unspecified atom stereocenters. The highest BCUT2D eigenvalue weighted by Crippen LogP contribution is 2.40. The Bertz CT molecular complexity index is 624. The lowest BCUT2D eigenvalue weighted by Crippen LogP contribution is -2.44. The van der Waals surface area contributed by atoms with Crippen molar-refractivity contribution >= 4 is 14.3 Å². The Balaban J connectivity index is 2.22. The van der Waals surface area contributed by atoms with E-state index in [0.29, 0.717) is 18.4 Å². The van der Waals surface area contributed by atoms with E-state index in [9.17, 15) is 9.90 Å². The number of carboxylic acid groups (broad SMARTS) is 1. The number of carboxylic acids is 1. The van der Waals surface area contributed by atoms with E-state index < -0.39 is 20.3 Å². The van der Waals surface area contributed by atoms with Crippen LogP contribution in [-0.4, -0.2) is 50.0 Å². The van der Waals surface area contributed by atoms with Crippen LogP contribution in [0.2, 0.25) is 18.1 Å². The monoisotopic (exact) mass is 391 g/mol. The molecule has 0 bridgehead atoms. The third-order valence-electron chi connectivity index (χ3n) is 6.44. The van der Waals surface area contributed by atoms with Crippen LogP contribution in [0.1, 0.15) is 46.1 Å². The van der Waals surface area contributed by atoms with Gasteiger partial charge in [0.1, 0.15) is 6.04 Å². The van der Waals surface area contributed by atoms with Gasteiger partial charge in [0.15, 0.2) is 8.32 Å². The van der Waals surface area contributed by atoms with E-state index in [1.165, 1.54) is 5.56 Å². The third kappa shape index (κ3) is 5.21. The Morgan fingerprint density at radius 1 is 1.22 bits per heavy atom. The minimum Gasteiger partial charge on any atom is -0.480 e. The van der Waals surface area contributed by atoms with Crippen molar-refractivity contribution in [2.75, 3.05) is 19.7 Å². The van der Waals surface area contributed by atoms with Gasteiger partial charge < -0.3 is 9.53 Å². The van der Waals surface area contributed by atoms with Gasteiger partial charge in [0.25, 0.3) is 0 Å². The Morgan fingerprint density at radius 3 is 2.30 bits per heavy atom. The number of likely N-dealkylation sites (tertiary alicyclic amines) is 1. The van der Waals surface area contributed by atoms with Gasteiger partial charge in [-0.25, -0.2) is 0 Å². The molecule has 27 heavy (non-hydrogen) atoms. The molecule has 0 amide bonds. The maximum absolute atomic E-state index is 11.9. The molecule has 1 aromatic carbocycles. The molecule has 0 saturated carbocycles. The maximum atomic E-state index is 11.9. The summed E-state index contributed by atoms with van der Waals surface area (Å²) in [5, 5.41) is 9.92. The average molecular weight is 392 g/mol. The van der Waals surface area contributed by atoms with Gasteiger partial charge in [-0.3, -0.25) is 9.69 Å². The molecule has 1 fully saturated rings. The van der Waals surface area contributed by atoms with Gasteiger partial charge in [0.2, 0.25) is 0 Å². The Hall–Kier alpha value is -1.17. The van der Waals surface area contributed by atoms with Gasteiger partial charge in [0, 0.05) is 31.5 Å². The van der Waals surface area contributed by atoms with E-state index in [0.717, 1.165) is 13.1 Å². The number of hydrogen-bond donors (Lipinski definition) is 1. The maximum Gasteiger partial charge on any atom is 0.321 e. The Labute approximate surface area is 166 Å². The molecule has 0 aliphatic carbocycles. The Kier molecular flexibility index (Phi) is 6.93. The highest BCUT2D eigenvalue weighted by atomic mass is 28.4. The summed E-state index contributed by atoms with van der Waals surface area (Å²) in [5.74, 6) is 0.000419. The molecule has 1 heterocycles. The molecular weight excluding hydrogens is 354 g/mol. The second kappa shape index (κ2) is 8.46. The summed E-state index contributed by atoms with van der Waals surface area (Å²) in [6, 6.07) is 10.1. The molecule has 1 saturated heterocycles. The lowest BCUT2D eigenvalue weighted by molar-refractivity contribution is -0.144. The average Bonchev–Trinajstić information content (AvgIpc) is 2.95. The van der Waals surface area contributed by atoms with Gasteiger partial charge in [-0.05, 0) is 29.6 Å². The predicted octanol–water partition coefficient (Wildman–Crippen LogP) is 4.83. The Morgan fingerprint density at radius 2 is 1.81 bits per heavy atom. The summed E-state index contributed by atoms with van der Waals surface area (Å²) >= 11 is 0. The number of carbonyl (C=O) groups is 1. The summed E-state index contributed by atoms with van der Waals surface area (Å²) in [7, 11) is -1.83. The van der Waals surface area contributed by atoms with E-state index in [1.54, 1.807) is 0 Å². The summed E-state index contributed by atoms with van der Waals surface area (Å²) in [6.07, 6.45) is 0. The first kappa shape index (κ1) is 22.1. The topological polar surface area (TPSA) is 49.8 Å². The molecule has 152 valence electrons. The molecule has 0 aromatic heterocycles. The lowest BCUT2D eigenvalue weighted by atomic mass is 9.90. The van der Waals surface area contributed by atoms with Crippen molar-refractivity contribution in [1.82, 2.24) is 4.90 Å². The van der Waals surface area contributed by atoms with E-state index in [1.807, 2.05) is 19.9 Å². The fraction of sp³-hybridized carbons (Fsp3) is 0.682. The van der Waals surface area contributed by atoms with Gasteiger partial charge >= 0.3 is 5.97 Å². The van der Waals surface area contributed by atoms with Crippen LogP contribution < -0.4 is 0 Å². The zero-order valence-corrected chi connectivity index (χ0v) is 19.0. The number of rotatable bonds is 7. The molecule has 1 aromatic rings. The molecule has 1 aliphatic rings. The first-order valence-corrected chi connectivity index (χ1v) is 13.0. The fourth-order valence-corrected chi connectivity index (χ4v) is 4.84. The van der Waals surface area contributed by atoms with Crippen molar-refractivity contribution in [1.29, 1.82) is 0 Å². The predicted molar refractivity (Wildman–Crippen MR) is 114 cm³/mol. The highest BCUT2D eigenvalue weighted by Gasteiger charge is 2.43. The molecule has 1 N–H and O–H groups in total. The number of hydrogen-bond acceptors (Lipinski definition) is 3. The third-order valence-corrected chi connectivity index (χ3v) is 10.9. The van der Waals surface area contributed by atoms with Gasteiger partial charge in [0.05, 0.1) is 0 Å². The van der Waals surface area contributed by atoms with E-state index in [4.69, 9.17) is 4.43 Å². The quantitative estimate of drug-likeness (QED) is 0.676. The second-order valence-corrected chi connectivity index (χ2v) is 14.6. The van der Waals surface area contributed by atoms with E-state index in [-0.39, 0.29) is 11.0 Å². The van der Waals surface area contributed by atoms with Crippen molar-refractivity contribution in [3.8, 4) is 0 Å². The fourth-order valence-electron chi connectivity index (χ4n) is 3.77. The van der Waals surface area contributed by atoms with Crippen molar-refractivity contribution in [3.05, 3.63) is 35.9 Å². The van der Waals surface area contributed by atoms with Crippen LogP contribution in [0.5, 0.6) is 0 Å². The van der Waals surface area contributed by atoms with Crippen LogP contribution in [0.3, 0.4) is 0 Å². The SMILES string of the molecule is CC(C)[C@H](C(=O)O)N1CC(CO[Si](C)(C)C(C)(C)C)C(c2ccccc2)C1. The van der Waals surface area contributed by atoms with E-state index in [2.05, 4.69) is 63.0 Å². The van der Waals surface area contributed by atoms with Gasteiger partial charge in [-0.15, -0.1) is 0 Å². The van der Waals surface area contributed by atoms with Crippen LogP contribution in [0, 0.1) is 11.8 Å². The highest BCUT2D eigenvalue weighted by molar-refractivity contribution is 6.74. The van der Waals surface area contributed by atoms with Crippen molar-refractivity contribution in [2.45, 2.75) is 64.7 Å². The van der Waals surface area contributed by atoms with Crippen LogP contribution in [-0.2, 0) is 9.22 Å². The summed E-state index contributed by atoms with van der Waals surface area (Å²) < 4.78 is 6.54. The molecule has 5 heteroatoms. The van der Waals surface area contributed by atoms with Crippen molar-refractivity contribution in [3.63, 3.8) is 0 Å². The molecule has 0 spiro atoms. The smallest absolute Gasteiger partial charge is 0.321 e. The number of aliphatic carboxylic acids is 1. The van der Waals surface area contributed by atoms with Gasteiger partial charge in [-0.1, -0.05) is 65.0 Å². The zero-order valence-electron chi connectivity index (χ0n) is 18.0. The standard InChI is InChI=1S/C22H37NO3Si/c1-16(2)20(21(24)25)23-13-18(15-26-27(6,7)22(3,4)5)19(14-23)17-11-9-8-10-12-17/h8-12,16,18-20H,13-15H2,1-7H3,(H,24,25)/t18?,19?,20-/m1/s1. The summed E-state index contributed by atoms with van der Waals surface area (Å²) in [4.78, 5) is 14.0. The van der Waals surface area contributed by atoms with Crippen molar-refractivity contribution in [2.24, 2.45) is 11.8 Å². The largest absolute Gasteiger partial charge is 0.480 e. The van der Waals surface area contributed by atoms with Crippen LogP contribution in [0.25, 0.3) is 0 Å². The molecular formula is C22H37NO3Si. The summed E-state index contributed by atoms with van der Waals surface area (Å²) in [6.45, 7) is 17.6. The van der Waals surface area contributed by atoms with Crippen LogP contribution >= 0.6 is 0 Å². The number of benzene rings is 1. The zero-order chi connectivity index (χ0) is 20.4. The molecule has 0 radical (unpaired) electrons. The normalized spacial score (nSPS) is 23.0. The summed E-state index contributed by atoms with van der Waals surface area (Å²) in [5.41, 5.74) is 1.29. The first-order chi connectivity index (χ1) is 12.4. The van der Waals surface area contributed by atoms with Gasteiger partial charge in [-0.2, -0.15) is 0 Å². The molecule has 1 aliphatic heterocycles. The molecule has 4 nitrogen and oxygen atoms in total. The number of nitrogens with zero attached hydrogens (tertiary/aromatic N) is 1. The first-order valence-electron chi connectivity index (χ1n) is 10.1. The minimum atomic E-state index is -1.83. The molecule has 2 rings (SSSR count). The van der Waals surface area contributed by atoms with Crippen LogP contribution in [0.15, 0.2) is 30.3 Å². The molecule has 3 atom stereocenters. The van der Waals surface area contributed by atoms with Crippen molar-refractivity contribution < 1.29 is 14.3 Å². The minimum absolute atomic E-state index is 0.0824. The van der Waals surface area contributed by atoms with Crippen LogP contribution in [0.4, 0.5) is 0 Å².